The van der Waals surface area contributed by atoms with E-state index in [4.69, 9.17) is 9.17 Å². The maximum Gasteiger partial charge on any atom is 0.326 e. The minimum atomic E-state index is -3.92. The molecule has 48 heavy (non-hydrogen) atoms. The van der Waals surface area contributed by atoms with E-state index in [9.17, 15) is 18.0 Å². The van der Waals surface area contributed by atoms with Crippen molar-refractivity contribution in [3.8, 4) is 11.3 Å². The molecule has 0 atom stereocenters. The fraction of sp³-hybridized carbons (Fsp3) is 0.108. The van der Waals surface area contributed by atoms with E-state index < -0.39 is 10.1 Å². The Morgan fingerprint density at radius 3 is 2.31 bits per heavy atom. The van der Waals surface area contributed by atoms with E-state index in [1.54, 1.807) is 53.2 Å². The van der Waals surface area contributed by atoms with Gasteiger partial charge in [-0.25, -0.2) is 9.78 Å². The molecule has 10 nitrogen and oxygen atoms in total. The van der Waals surface area contributed by atoms with Gasteiger partial charge in [-0.2, -0.15) is 8.42 Å². The number of fused-ring (bicyclic) bond motifs is 1. The molecule has 0 unspecified atom stereocenters. The van der Waals surface area contributed by atoms with Crippen molar-refractivity contribution >= 4 is 44.5 Å². The van der Waals surface area contributed by atoms with Gasteiger partial charge in [0.1, 0.15) is 0 Å². The Kier molecular flexibility index (Phi) is 9.60. The number of anilines is 2. The highest BCUT2D eigenvalue weighted by Crippen LogP contribution is 2.26. The fourth-order valence-corrected chi connectivity index (χ4v) is 5.96. The second-order valence-electron chi connectivity index (χ2n) is 11.0. The molecule has 2 amide bonds. The number of aryl methyl sites for hydroxylation is 1. The summed E-state index contributed by atoms with van der Waals surface area (Å²) >= 11 is 0. The normalized spacial score (nSPS) is 11.3. The molecule has 3 N–H and O–H groups in total. The predicted molar refractivity (Wildman–Crippen MR) is 186 cm³/mol. The van der Waals surface area contributed by atoms with Crippen LogP contribution in [-0.2, 0) is 20.8 Å². The lowest BCUT2D eigenvalue weighted by Crippen LogP contribution is -2.27. The van der Waals surface area contributed by atoms with Gasteiger partial charge in [-0.15, -0.1) is 0 Å². The first kappa shape index (κ1) is 32.2. The highest BCUT2D eigenvalue weighted by molar-refractivity contribution is 7.86. The van der Waals surface area contributed by atoms with Crippen molar-refractivity contribution in [1.29, 1.82) is 0 Å². The number of para-hydroxylation sites is 1. The summed E-state index contributed by atoms with van der Waals surface area (Å²) in [7, 11) is -3.92. The van der Waals surface area contributed by atoms with E-state index in [2.05, 4.69) is 16.0 Å². The number of nitrogens with one attached hydrogen (secondary N) is 3. The molecule has 0 saturated carbocycles. The molecule has 11 heteroatoms. The Morgan fingerprint density at radius 1 is 0.812 bits per heavy atom. The summed E-state index contributed by atoms with van der Waals surface area (Å²) in [4.78, 5) is 30.9. The fourth-order valence-electron chi connectivity index (χ4n) is 5.05. The molecule has 242 valence electrons. The number of rotatable bonds is 11. The Morgan fingerprint density at radius 2 is 1.54 bits per heavy atom. The summed E-state index contributed by atoms with van der Waals surface area (Å²) in [6.45, 7) is 2.16. The topological polar surface area (TPSA) is 131 Å². The number of carbonyl (C=O) groups excluding carboxylic acids is 2. The standard InChI is InChI=1S/C37H33N5O5S/c1-26-11-17-31(18-12-26)48(45,46)47-24-22-38-33-20-19-32(28-7-3-2-4-8-28)40-35(33)41-36(43)30-15-13-27(14-16-30)25-39-37(44)42-23-21-29-9-5-6-10-34(29)42/h2-21,23,38H,22,24-25H2,1H3,(H,39,44)(H,40,41,43). The van der Waals surface area contributed by atoms with E-state index in [1.807, 2.05) is 73.7 Å². The van der Waals surface area contributed by atoms with Gasteiger partial charge in [0, 0.05) is 35.8 Å². The van der Waals surface area contributed by atoms with Crippen molar-refractivity contribution in [2.24, 2.45) is 0 Å². The van der Waals surface area contributed by atoms with Crippen LogP contribution in [0.4, 0.5) is 16.3 Å². The minimum Gasteiger partial charge on any atom is -0.380 e. The van der Waals surface area contributed by atoms with Gasteiger partial charge in [-0.05, 0) is 61.0 Å². The minimum absolute atomic E-state index is 0.0813. The lowest BCUT2D eigenvalue weighted by molar-refractivity contribution is 0.102. The first-order valence-corrected chi connectivity index (χ1v) is 16.7. The molecule has 0 aliphatic carbocycles. The van der Waals surface area contributed by atoms with Crippen molar-refractivity contribution < 1.29 is 22.2 Å². The summed E-state index contributed by atoms with van der Waals surface area (Å²) in [6, 6.07) is 35.8. The Labute approximate surface area is 278 Å². The lowest BCUT2D eigenvalue weighted by atomic mass is 10.1. The number of aromatic nitrogens is 2. The summed E-state index contributed by atoms with van der Waals surface area (Å²) in [5.41, 5.74) is 4.99. The third kappa shape index (κ3) is 7.60. The number of nitrogens with zero attached hydrogens (tertiary/aromatic N) is 2. The van der Waals surface area contributed by atoms with Crippen molar-refractivity contribution in [2.45, 2.75) is 18.4 Å². The molecule has 0 aliphatic rings. The van der Waals surface area contributed by atoms with Crippen LogP contribution in [0.2, 0.25) is 0 Å². The predicted octanol–water partition coefficient (Wildman–Crippen LogP) is 6.84. The summed E-state index contributed by atoms with van der Waals surface area (Å²) in [5.74, 6) is -0.110. The van der Waals surface area contributed by atoms with Gasteiger partial charge in [-0.3, -0.25) is 13.5 Å². The van der Waals surface area contributed by atoms with Crippen LogP contribution >= 0.6 is 0 Å². The van der Waals surface area contributed by atoms with Crippen LogP contribution < -0.4 is 16.0 Å². The highest BCUT2D eigenvalue weighted by atomic mass is 32.2. The molecular weight excluding hydrogens is 627 g/mol. The van der Waals surface area contributed by atoms with Gasteiger partial charge in [-0.1, -0.05) is 78.4 Å². The van der Waals surface area contributed by atoms with Gasteiger partial charge < -0.3 is 16.0 Å². The first-order valence-electron chi connectivity index (χ1n) is 15.3. The van der Waals surface area contributed by atoms with Crippen molar-refractivity contribution in [3.05, 3.63) is 144 Å². The monoisotopic (exact) mass is 659 g/mol. The quantitative estimate of drug-likeness (QED) is 0.103. The molecule has 0 aliphatic heterocycles. The largest absolute Gasteiger partial charge is 0.380 e. The molecule has 6 rings (SSSR count). The van der Waals surface area contributed by atoms with Gasteiger partial charge in [0.15, 0.2) is 5.82 Å². The number of hydrogen-bond donors (Lipinski definition) is 3. The second kappa shape index (κ2) is 14.3. The van der Waals surface area contributed by atoms with Gasteiger partial charge in [0.05, 0.1) is 28.4 Å². The highest BCUT2D eigenvalue weighted by Gasteiger charge is 2.16. The zero-order chi connectivity index (χ0) is 33.5. The average molecular weight is 660 g/mol. The maximum atomic E-state index is 13.4. The first-order chi connectivity index (χ1) is 23.3. The van der Waals surface area contributed by atoms with Crippen LogP contribution in [0.3, 0.4) is 0 Å². The third-order valence-electron chi connectivity index (χ3n) is 7.64. The second-order valence-corrected chi connectivity index (χ2v) is 12.6. The summed E-state index contributed by atoms with van der Waals surface area (Å²) in [6.07, 6.45) is 1.73. The van der Waals surface area contributed by atoms with E-state index in [0.29, 0.717) is 16.9 Å². The third-order valence-corrected chi connectivity index (χ3v) is 8.97. The van der Waals surface area contributed by atoms with Crippen LogP contribution in [0.1, 0.15) is 21.5 Å². The Balaban J connectivity index is 1.11. The molecule has 6 aromatic rings. The number of hydrogen-bond acceptors (Lipinski definition) is 7. The average Bonchev–Trinajstić information content (AvgIpc) is 3.55. The molecule has 0 saturated heterocycles. The van der Waals surface area contributed by atoms with Gasteiger partial charge in [0.2, 0.25) is 0 Å². The van der Waals surface area contributed by atoms with Crippen LogP contribution in [0.5, 0.6) is 0 Å². The van der Waals surface area contributed by atoms with Gasteiger partial charge in [0.25, 0.3) is 16.0 Å². The number of pyridine rings is 1. The number of benzene rings is 4. The summed E-state index contributed by atoms with van der Waals surface area (Å²) < 4.78 is 32.0. The zero-order valence-electron chi connectivity index (χ0n) is 26.1. The van der Waals surface area contributed by atoms with E-state index in [-0.39, 0.29) is 42.3 Å². The zero-order valence-corrected chi connectivity index (χ0v) is 26.9. The molecule has 0 fully saturated rings. The van der Waals surface area contributed by atoms with E-state index >= 15 is 0 Å². The van der Waals surface area contributed by atoms with Crippen LogP contribution in [0, 0.1) is 6.92 Å². The van der Waals surface area contributed by atoms with Gasteiger partial charge >= 0.3 is 6.03 Å². The molecule has 2 aromatic heterocycles. The van der Waals surface area contributed by atoms with Crippen molar-refractivity contribution in [3.63, 3.8) is 0 Å². The SMILES string of the molecule is Cc1ccc(S(=O)(=O)OCCNc2ccc(-c3ccccc3)nc2NC(=O)c2ccc(CNC(=O)n3ccc4ccccc43)cc2)cc1. The summed E-state index contributed by atoms with van der Waals surface area (Å²) in [5, 5.41) is 9.91. The molecule has 2 heterocycles. The van der Waals surface area contributed by atoms with Crippen LogP contribution in [0.25, 0.3) is 22.2 Å². The van der Waals surface area contributed by atoms with Crippen LogP contribution in [0.15, 0.2) is 132 Å². The number of amides is 2. The molecule has 0 bridgehead atoms. The van der Waals surface area contributed by atoms with E-state index in [0.717, 1.165) is 27.6 Å². The lowest BCUT2D eigenvalue weighted by Gasteiger charge is -2.14. The van der Waals surface area contributed by atoms with E-state index in [1.165, 1.54) is 12.1 Å². The Bertz CT molecular complexity index is 2160. The number of carbonyl (C=O) groups is 2. The van der Waals surface area contributed by atoms with Crippen molar-refractivity contribution in [1.82, 2.24) is 14.9 Å². The molecular formula is C37H33N5O5S. The Hall–Kier alpha value is -5.78. The van der Waals surface area contributed by atoms with Crippen LogP contribution in [-0.4, -0.2) is 43.1 Å². The molecule has 4 aromatic carbocycles. The maximum absolute atomic E-state index is 13.4. The molecule has 0 radical (unpaired) electrons. The smallest absolute Gasteiger partial charge is 0.326 e. The van der Waals surface area contributed by atoms with Crippen molar-refractivity contribution in [2.75, 3.05) is 23.8 Å². The molecule has 0 spiro atoms.